The van der Waals surface area contributed by atoms with Gasteiger partial charge in [-0.15, -0.1) is 0 Å². The molecule has 0 heterocycles. The highest BCUT2D eigenvalue weighted by atomic mass is 16.1. The van der Waals surface area contributed by atoms with E-state index in [4.69, 9.17) is 11.5 Å². The lowest BCUT2D eigenvalue weighted by atomic mass is 9.99. The second-order valence-electron chi connectivity index (χ2n) is 2.48. The van der Waals surface area contributed by atoms with Crippen molar-refractivity contribution in [3.8, 4) is 0 Å². The van der Waals surface area contributed by atoms with Gasteiger partial charge in [-0.05, 0) is 13.8 Å². The largest absolute Gasteiger partial charge is 0.324 e. The van der Waals surface area contributed by atoms with Gasteiger partial charge in [0.25, 0.3) is 0 Å². The van der Waals surface area contributed by atoms with Crippen molar-refractivity contribution in [2.75, 3.05) is 0 Å². The van der Waals surface area contributed by atoms with Gasteiger partial charge in [0.1, 0.15) is 6.29 Å². The maximum atomic E-state index is 9.95. The lowest BCUT2D eigenvalue weighted by Gasteiger charge is -2.21. The lowest BCUT2D eigenvalue weighted by molar-refractivity contribution is -0.109. The zero-order valence-electron chi connectivity index (χ0n) is 5.22. The van der Waals surface area contributed by atoms with Gasteiger partial charge in [0.2, 0.25) is 0 Å². The summed E-state index contributed by atoms with van der Waals surface area (Å²) < 4.78 is 0. The minimum absolute atomic E-state index is 0.553. The molecule has 0 saturated carbocycles. The third-order valence-electron chi connectivity index (χ3n) is 1.01. The molecule has 0 aliphatic carbocycles. The van der Waals surface area contributed by atoms with Crippen LogP contribution in [0.15, 0.2) is 0 Å². The van der Waals surface area contributed by atoms with E-state index in [1.807, 2.05) is 0 Å². The molecule has 0 aromatic rings. The molecule has 0 bridgehead atoms. The lowest BCUT2D eigenvalue weighted by Crippen LogP contribution is -2.51. The molecule has 0 rings (SSSR count). The Kier molecular flexibility index (Phi) is 2.12. The van der Waals surface area contributed by atoms with E-state index in [9.17, 15) is 4.79 Å². The van der Waals surface area contributed by atoms with Crippen LogP contribution in [0.1, 0.15) is 13.8 Å². The molecule has 0 aliphatic heterocycles. The monoisotopic (exact) mass is 116 g/mol. The maximum Gasteiger partial charge on any atom is 0.138 e. The minimum Gasteiger partial charge on any atom is -0.324 e. The van der Waals surface area contributed by atoms with Crippen LogP contribution in [0.5, 0.6) is 0 Å². The zero-order chi connectivity index (χ0) is 6.78. The fourth-order valence-corrected chi connectivity index (χ4v) is 0.175. The molecule has 0 aromatic heterocycles. The zero-order valence-corrected chi connectivity index (χ0v) is 5.22. The Balaban J connectivity index is 3.80. The molecule has 0 radical (unpaired) electrons. The van der Waals surface area contributed by atoms with E-state index in [2.05, 4.69) is 0 Å². The number of hydrogen-bond donors (Lipinski definition) is 2. The predicted molar refractivity (Wildman–Crippen MR) is 32.3 cm³/mol. The molecule has 1 unspecified atom stereocenters. The van der Waals surface area contributed by atoms with Gasteiger partial charge in [-0.25, -0.2) is 0 Å². The van der Waals surface area contributed by atoms with Crippen LogP contribution in [0.25, 0.3) is 0 Å². The van der Waals surface area contributed by atoms with Crippen molar-refractivity contribution >= 4 is 6.29 Å². The van der Waals surface area contributed by atoms with Crippen LogP contribution < -0.4 is 11.5 Å². The van der Waals surface area contributed by atoms with Gasteiger partial charge in [-0.3, -0.25) is 0 Å². The molecule has 1 atom stereocenters. The highest BCUT2D eigenvalue weighted by molar-refractivity contribution is 5.59. The summed E-state index contributed by atoms with van der Waals surface area (Å²) in [6.45, 7) is 3.43. The molecule has 0 amide bonds. The fraction of sp³-hybridized carbons (Fsp3) is 0.800. The molecule has 3 heteroatoms. The summed E-state index contributed by atoms with van der Waals surface area (Å²) in [4.78, 5) is 9.95. The van der Waals surface area contributed by atoms with Crippen molar-refractivity contribution in [3.05, 3.63) is 0 Å². The van der Waals surface area contributed by atoms with Crippen LogP contribution >= 0.6 is 0 Å². The van der Waals surface area contributed by atoms with Gasteiger partial charge >= 0.3 is 0 Å². The van der Waals surface area contributed by atoms with E-state index in [1.54, 1.807) is 13.8 Å². The van der Waals surface area contributed by atoms with Crippen molar-refractivity contribution in [2.45, 2.75) is 25.4 Å². The van der Waals surface area contributed by atoms with Crippen LogP contribution in [-0.4, -0.2) is 17.9 Å². The van der Waals surface area contributed by atoms with Crippen LogP contribution in [0, 0.1) is 0 Å². The highest BCUT2D eigenvalue weighted by Gasteiger charge is 2.19. The molecule has 0 aromatic carbocycles. The van der Waals surface area contributed by atoms with Crippen LogP contribution in [-0.2, 0) is 4.79 Å². The fourth-order valence-electron chi connectivity index (χ4n) is 0.175. The number of carbonyl (C=O) groups is 1. The topological polar surface area (TPSA) is 69.1 Å². The Morgan fingerprint density at radius 2 is 2.00 bits per heavy atom. The average Bonchev–Trinajstić information content (AvgIpc) is 1.62. The van der Waals surface area contributed by atoms with Crippen LogP contribution in [0.2, 0.25) is 0 Å². The van der Waals surface area contributed by atoms with Crippen molar-refractivity contribution in [1.82, 2.24) is 0 Å². The Bertz CT molecular complexity index is 84.9. The van der Waals surface area contributed by atoms with Crippen LogP contribution in [0.4, 0.5) is 0 Å². The van der Waals surface area contributed by atoms with E-state index >= 15 is 0 Å². The molecule has 48 valence electrons. The quantitative estimate of drug-likeness (QED) is 0.466. The van der Waals surface area contributed by atoms with Crippen molar-refractivity contribution in [2.24, 2.45) is 11.5 Å². The summed E-state index contributed by atoms with van der Waals surface area (Å²) in [6.07, 6.45) is 0.653. The Hall–Kier alpha value is -0.410. The van der Waals surface area contributed by atoms with Gasteiger partial charge in [0, 0.05) is 5.54 Å². The summed E-state index contributed by atoms with van der Waals surface area (Å²) in [5.41, 5.74) is 10.1. The summed E-state index contributed by atoms with van der Waals surface area (Å²) >= 11 is 0. The molecule has 0 spiro atoms. The van der Waals surface area contributed by atoms with Crippen LogP contribution in [0.3, 0.4) is 0 Å². The highest BCUT2D eigenvalue weighted by Crippen LogP contribution is 1.97. The van der Waals surface area contributed by atoms with Gasteiger partial charge in [0.15, 0.2) is 0 Å². The first-order valence-electron chi connectivity index (χ1n) is 2.48. The van der Waals surface area contributed by atoms with E-state index in [-0.39, 0.29) is 0 Å². The van der Waals surface area contributed by atoms with Gasteiger partial charge < -0.3 is 16.3 Å². The number of carbonyl (C=O) groups excluding carboxylic acids is 1. The first kappa shape index (κ1) is 7.59. The van der Waals surface area contributed by atoms with E-state index in [1.165, 1.54) is 0 Å². The summed E-state index contributed by atoms with van der Waals surface area (Å²) in [5, 5.41) is 0. The first-order chi connectivity index (χ1) is 3.48. The summed E-state index contributed by atoms with van der Waals surface area (Å²) in [5.74, 6) is 0. The standard InChI is InChI=1S/C5H12N2O/c1-5(2,7)4(6)3-8/h3-4H,6-7H2,1-2H3. The second-order valence-corrected chi connectivity index (χ2v) is 2.48. The Morgan fingerprint density at radius 1 is 1.62 bits per heavy atom. The minimum atomic E-state index is -0.582. The van der Waals surface area contributed by atoms with E-state index < -0.39 is 11.6 Å². The van der Waals surface area contributed by atoms with E-state index in [0.29, 0.717) is 6.29 Å². The maximum absolute atomic E-state index is 9.95. The van der Waals surface area contributed by atoms with Gasteiger partial charge in [-0.1, -0.05) is 0 Å². The number of aldehydes is 1. The van der Waals surface area contributed by atoms with E-state index in [0.717, 1.165) is 0 Å². The summed E-state index contributed by atoms with van der Waals surface area (Å²) in [7, 11) is 0. The molecule has 3 nitrogen and oxygen atoms in total. The molecule has 8 heavy (non-hydrogen) atoms. The van der Waals surface area contributed by atoms with Crippen molar-refractivity contribution < 1.29 is 4.79 Å². The van der Waals surface area contributed by atoms with Gasteiger partial charge in [0.05, 0.1) is 6.04 Å². The third kappa shape index (κ3) is 2.04. The second kappa shape index (κ2) is 2.24. The number of nitrogens with two attached hydrogens (primary N) is 2. The molecule has 0 saturated heterocycles. The van der Waals surface area contributed by atoms with Crippen molar-refractivity contribution in [3.63, 3.8) is 0 Å². The number of hydrogen-bond acceptors (Lipinski definition) is 3. The SMILES string of the molecule is CC(C)(N)C(N)C=O. The molecule has 0 fully saturated rings. The molecular formula is C5H12N2O. The number of rotatable bonds is 2. The smallest absolute Gasteiger partial charge is 0.138 e. The molecule has 0 aliphatic rings. The average molecular weight is 116 g/mol. The van der Waals surface area contributed by atoms with Crippen molar-refractivity contribution in [1.29, 1.82) is 0 Å². The Labute approximate surface area is 49.0 Å². The molecule has 4 N–H and O–H groups in total. The Morgan fingerprint density at radius 3 is 2.00 bits per heavy atom. The third-order valence-corrected chi connectivity index (χ3v) is 1.01. The summed E-state index contributed by atoms with van der Waals surface area (Å²) in [6, 6.07) is -0.553. The normalized spacial score (nSPS) is 15.5. The first-order valence-corrected chi connectivity index (χ1v) is 2.48. The van der Waals surface area contributed by atoms with Gasteiger partial charge in [-0.2, -0.15) is 0 Å². The molecular weight excluding hydrogens is 104 g/mol. The predicted octanol–water partition coefficient (Wildman–Crippen LogP) is -0.750.